The molecule has 0 spiro atoms. The molecule has 0 atom stereocenters. The van der Waals surface area contributed by atoms with E-state index >= 15 is 0 Å². The normalized spacial score (nSPS) is 14.0. The van der Waals surface area contributed by atoms with Gasteiger partial charge in [-0.05, 0) is 30.2 Å². The van der Waals surface area contributed by atoms with Crippen molar-refractivity contribution >= 4 is 16.9 Å². The number of hydrogen-bond acceptors (Lipinski definition) is 2. The Balaban J connectivity index is 2.51. The zero-order valence-electron chi connectivity index (χ0n) is 12.2. The second-order valence-electron chi connectivity index (χ2n) is 5.17. The van der Waals surface area contributed by atoms with Gasteiger partial charge in [0.2, 0.25) is 0 Å². The quantitative estimate of drug-likeness (QED) is 0.811. The first kappa shape index (κ1) is 13.5. The Kier molecular flexibility index (Phi) is 4.10. The molecule has 0 unspecified atom stereocenters. The predicted octanol–water partition coefficient (Wildman–Crippen LogP) is 3.72. The summed E-state index contributed by atoms with van der Waals surface area (Å²) in [6.07, 6.45) is 11.8. The maximum absolute atomic E-state index is 2.28. The molecule has 0 saturated carbocycles. The van der Waals surface area contributed by atoms with Crippen LogP contribution in [0.15, 0.2) is 48.6 Å². The first-order chi connectivity index (χ1) is 9.09. The van der Waals surface area contributed by atoms with Crippen molar-refractivity contribution < 1.29 is 0 Å². The van der Waals surface area contributed by atoms with Gasteiger partial charge in [-0.2, -0.15) is 0 Å². The highest BCUT2D eigenvalue weighted by Crippen LogP contribution is 2.31. The maximum Gasteiger partial charge on any atom is 0.0442 e. The van der Waals surface area contributed by atoms with Gasteiger partial charge in [-0.3, -0.25) is 0 Å². The lowest BCUT2D eigenvalue weighted by atomic mass is 10.0. The molecule has 0 radical (unpaired) electrons. The Morgan fingerprint density at radius 3 is 2.42 bits per heavy atom. The summed E-state index contributed by atoms with van der Waals surface area (Å²) in [4.78, 5) is 4.31. The van der Waals surface area contributed by atoms with Gasteiger partial charge in [-0.15, -0.1) is 0 Å². The van der Waals surface area contributed by atoms with Gasteiger partial charge in [0.25, 0.3) is 0 Å². The van der Waals surface area contributed by atoms with Gasteiger partial charge in [0.1, 0.15) is 0 Å². The highest BCUT2D eigenvalue weighted by molar-refractivity contribution is 5.85. The first-order valence-corrected chi connectivity index (χ1v) is 6.62. The van der Waals surface area contributed by atoms with Crippen LogP contribution in [0.5, 0.6) is 0 Å². The van der Waals surface area contributed by atoms with Crippen molar-refractivity contribution in [2.24, 2.45) is 0 Å². The Hall–Kier alpha value is -1.96. The first-order valence-electron chi connectivity index (χ1n) is 6.62. The van der Waals surface area contributed by atoms with Crippen molar-refractivity contribution in [3.63, 3.8) is 0 Å². The molecule has 2 rings (SSSR count). The molecule has 0 aromatic heterocycles. The van der Waals surface area contributed by atoms with Crippen LogP contribution in [0.4, 0.5) is 11.4 Å². The molecule has 0 heterocycles. The molecule has 1 aliphatic carbocycles. The summed E-state index contributed by atoms with van der Waals surface area (Å²) in [5.41, 5.74) is 5.06. The molecule has 0 N–H and O–H groups in total. The smallest absolute Gasteiger partial charge is 0.0442 e. The van der Waals surface area contributed by atoms with Crippen molar-refractivity contribution in [3.05, 3.63) is 54.1 Å². The molecule has 2 heteroatoms. The minimum absolute atomic E-state index is 0.987. The monoisotopic (exact) mass is 254 g/mol. The molecule has 0 saturated heterocycles. The van der Waals surface area contributed by atoms with Crippen LogP contribution in [0, 0.1) is 0 Å². The predicted molar refractivity (Wildman–Crippen MR) is 86.0 cm³/mol. The zero-order chi connectivity index (χ0) is 13.8. The topological polar surface area (TPSA) is 6.48 Å². The van der Waals surface area contributed by atoms with Crippen molar-refractivity contribution in [1.82, 2.24) is 0 Å². The fourth-order valence-corrected chi connectivity index (χ4v) is 2.20. The fourth-order valence-electron chi connectivity index (χ4n) is 2.20. The maximum atomic E-state index is 2.28. The van der Waals surface area contributed by atoms with E-state index in [0.717, 1.165) is 6.42 Å². The number of allylic oxidation sites excluding steroid dienone is 6. The van der Waals surface area contributed by atoms with Crippen LogP contribution in [0.1, 0.15) is 12.0 Å². The third kappa shape index (κ3) is 3.08. The molecular weight excluding hydrogens is 232 g/mol. The molecular formula is C17H22N2. The van der Waals surface area contributed by atoms with Crippen LogP contribution in [-0.4, -0.2) is 28.2 Å². The van der Waals surface area contributed by atoms with E-state index in [2.05, 4.69) is 86.6 Å². The van der Waals surface area contributed by atoms with Crippen LogP contribution >= 0.6 is 0 Å². The lowest BCUT2D eigenvalue weighted by molar-refractivity contribution is 1.10. The molecule has 1 aromatic rings. The molecule has 0 aliphatic heterocycles. The van der Waals surface area contributed by atoms with E-state index in [-0.39, 0.29) is 0 Å². The fraction of sp³-hybridized carbons (Fsp3) is 0.294. The Morgan fingerprint density at radius 1 is 0.947 bits per heavy atom. The van der Waals surface area contributed by atoms with E-state index < -0.39 is 0 Å². The Labute approximate surface area is 116 Å². The number of rotatable bonds is 3. The highest BCUT2D eigenvalue weighted by atomic mass is 15.1. The van der Waals surface area contributed by atoms with Crippen LogP contribution in [0.2, 0.25) is 0 Å². The number of hydrogen-bond donors (Lipinski definition) is 0. The van der Waals surface area contributed by atoms with Gasteiger partial charge in [0.15, 0.2) is 0 Å². The van der Waals surface area contributed by atoms with E-state index in [1.165, 1.54) is 22.5 Å². The van der Waals surface area contributed by atoms with Gasteiger partial charge in [0.05, 0.1) is 0 Å². The SMILES string of the molecule is CN(C)c1ccc(N(C)C)c(C2=CCC=CC=C2)c1. The largest absolute Gasteiger partial charge is 0.378 e. The third-order valence-corrected chi connectivity index (χ3v) is 3.29. The molecule has 100 valence electrons. The molecule has 19 heavy (non-hydrogen) atoms. The third-order valence-electron chi connectivity index (χ3n) is 3.29. The Bertz CT molecular complexity index is 534. The van der Waals surface area contributed by atoms with Gasteiger partial charge in [-0.25, -0.2) is 0 Å². The zero-order valence-corrected chi connectivity index (χ0v) is 12.2. The van der Waals surface area contributed by atoms with E-state index in [0.29, 0.717) is 0 Å². The summed E-state index contributed by atoms with van der Waals surface area (Å²) in [7, 11) is 8.33. The number of anilines is 2. The van der Waals surface area contributed by atoms with Gasteiger partial charge < -0.3 is 9.80 Å². The average Bonchev–Trinajstić information content (AvgIpc) is 2.66. The van der Waals surface area contributed by atoms with Gasteiger partial charge in [0, 0.05) is 45.1 Å². The van der Waals surface area contributed by atoms with Gasteiger partial charge >= 0.3 is 0 Å². The van der Waals surface area contributed by atoms with E-state index in [9.17, 15) is 0 Å². The lowest BCUT2D eigenvalue weighted by Gasteiger charge is -2.21. The minimum atomic E-state index is 0.987. The summed E-state index contributed by atoms with van der Waals surface area (Å²) in [6, 6.07) is 6.62. The second kappa shape index (κ2) is 5.79. The van der Waals surface area contributed by atoms with Crippen LogP contribution in [0.3, 0.4) is 0 Å². The molecule has 1 aromatic carbocycles. The van der Waals surface area contributed by atoms with Gasteiger partial charge in [-0.1, -0.05) is 30.4 Å². The van der Waals surface area contributed by atoms with Crippen molar-refractivity contribution in [1.29, 1.82) is 0 Å². The summed E-state index contributed by atoms with van der Waals surface area (Å²) < 4.78 is 0. The summed E-state index contributed by atoms with van der Waals surface area (Å²) in [6.45, 7) is 0. The summed E-state index contributed by atoms with van der Waals surface area (Å²) >= 11 is 0. The number of nitrogens with zero attached hydrogens (tertiary/aromatic N) is 2. The van der Waals surface area contributed by atoms with E-state index in [1.54, 1.807) is 0 Å². The van der Waals surface area contributed by atoms with E-state index in [4.69, 9.17) is 0 Å². The van der Waals surface area contributed by atoms with Crippen LogP contribution in [-0.2, 0) is 0 Å². The van der Waals surface area contributed by atoms with Crippen molar-refractivity contribution in [3.8, 4) is 0 Å². The average molecular weight is 254 g/mol. The minimum Gasteiger partial charge on any atom is -0.378 e. The standard InChI is InChI=1S/C17H22N2/c1-18(2)15-11-12-17(19(3)4)16(13-15)14-9-7-5-6-8-10-14/h5-7,9-13H,8H2,1-4H3. The van der Waals surface area contributed by atoms with E-state index in [1.807, 2.05) is 0 Å². The lowest BCUT2D eigenvalue weighted by Crippen LogP contribution is -2.13. The second-order valence-corrected chi connectivity index (χ2v) is 5.17. The van der Waals surface area contributed by atoms with Crippen LogP contribution < -0.4 is 9.80 Å². The molecule has 0 fully saturated rings. The summed E-state index contributed by atoms with van der Waals surface area (Å²) in [5.74, 6) is 0. The van der Waals surface area contributed by atoms with Crippen LogP contribution in [0.25, 0.3) is 5.57 Å². The number of benzene rings is 1. The molecule has 0 amide bonds. The highest BCUT2D eigenvalue weighted by Gasteiger charge is 2.10. The van der Waals surface area contributed by atoms with Crippen molar-refractivity contribution in [2.75, 3.05) is 38.0 Å². The molecule has 0 bridgehead atoms. The molecule has 2 nitrogen and oxygen atoms in total. The summed E-state index contributed by atoms with van der Waals surface area (Å²) in [5, 5.41) is 0. The molecule has 1 aliphatic rings. The Morgan fingerprint density at radius 2 is 1.74 bits per heavy atom. The van der Waals surface area contributed by atoms with Crippen molar-refractivity contribution in [2.45, 2.75) is 6.42 Å².